The first-order chi connectivity index (χ1) is 8.02. The van der Waals surface area contributed by atoms with Crippen LogP contribution in [0.4, 0.5) is 0 Å². The Morgan fingerprint density at radius 3 is 2.65 bits per heavy atom. The van der Waals surface area contributed by atoms with Crippen LogP contribution in [0.15, 0.2) is 6.07 Å². The van der Waals surface area contributed by atoms with Crippen molar-refractivity contribution in [1.29, 1.82) is 0 Å². The van der Waals surface area contributed by atoms with Crippen molar-refractivity contribution in [3.05, 3.63) is 27.8 Å². The smallest absolute Gasteiger partial charge is 0.125 e. The molecule has 0 saturated carbocycles. The van der Waals surface area contributed by atoms with Gasteiger partial charge in [-0.3, -0.25) is 0 Å². The summed E-state index contributed by atoms with van der Waals surface area (Å²) < 4.78 is 5.32. The van der Waals surface area contributed by atoms with E-state index in [4.69, 9.17) is 16.3 Å². The summed E-state index contributed by atoms with van der Waals surface area (Å²) in [6.45, 7) is 4.59. The second-order valence-electron chi connectivity index (χ2n) is 4.16. The number of aliphatic hydroxyl groups excluding tert-OH is 1. The number of methoxy groups -OCH3 is 1. The van der Waals surface area contributed by atoms with Crippen LogP contribution in [0.3, 0.4) is 0 Å². The maximum absolute atomic E-state index is 10.2. The molecule has 0 aromatic heterocycles. The number of hydrogen-bond acceptors (Lipinski definition) is 3. The molecule has 0 spiro atoms. The summed E-state index contributed by atoms with van der Waals surface area (Å²) in [4.78, 5) is 0. The molecule has 0 fully saturated rings. The van der Waals surface area contributed by atoms with Gasteiger partial charge in [-0.25, -0.2) is 0 Å². The monoisotopic (exact) mass is 257 g/mol. The molecule has 2 N–H and O–H groups in total. The van der Waals surface area contributed by atoms with E-state index in [1.54, 1.807) is 7.11 Å². The van der Waals surface area contributed by atoms with Crippen molar-refractivity contribution < 1.29 is 9.84 Å². The van der Waals surface area contributed by atoms with E-state index < -0.39 is 6.10 Å². The van der Waals surface area contributed by atoms with Crippen LogP contribution in [0.1, 0.15) is 29.2 Å². The van der Waals surface area contributed by atoms with Gasteiger partial charge in [0, 0.05) is 10.6 Å². The second-order valence-corrected chi connectivity index (χ2v) is 4.53. The molecule has 0 amide bonds. The molecule has 1 rings (SSSR count). The molecule has 3 nitrogen and oxygen atoms in total. The van der Waals surface area contributed by atoms with Gasteiger partial charge in [0.25, 0.3) is 0 Å². The van der Waals surface area contributed by atoms with Crippen LogP contribution < -0.4 is 10.1 Å². The van der Waals surface area contributed by atoms with Gasteiger partial charge in [-0.1, -0.05) is 11.6 Å². The molecule has 4 heteroatoms. The molecule has 1 aromatic carbocycles. The number of benzene rings is 1. The second kappa shape index (κ2) is 6.24. The number of aliphatic hydroxyl groups is 1. The first kappa shape index (κ1) is 14.3. The predicted octanol–water partition coefficient (Wildman–Crippen LogP) is 2.61. The van der Waals surface area contributed by atoms with Crippen LogP contribution in [0.5, 0.6) is 5.75 Å². The number of ether oxygens (including phenoxy) is 1. The van der Waals surface area contributed by atoms with Gasteiger partial charge in [-0.2, -0.15) is 0 Å². The van der Waals surface area contributed by atoms with Crippen molar-refractivity contribution in [1.82, 2.24) is 5.32 Å². The first-order valence-electron chi connectivity index (χ1n) is 5.69. The van der Waals surface area contributed by atoms with Gasteiger partial charge in [0.2, 0.25) is 0 Å². The van der Waals surface area contributed by atoms with E-state index in [1.807, 2.05) is 27.0 Å². The molecule has 1 unspecified atom stereocenters. The molecule has 0 radical (unpaired) electrons. The Morgan fingerprint density at radius 2 is 2.12 bits per heavy atom. The molecular weight excluding hydrogens is 238 g/mol. The highest BCUT2D eigenvalue weighted by molar-refractivity contribution is 6.32. The van der Waals surface area contributed by atoms with Crippen LogP contribution in [0.2, 0.25) is 5.02 Å². The average molecular weight is 258 g/mol. The van der Waals surface area contributed by atoms with Gasteiger partial charge in [0.15, 0.2) is 0 Å². The molecule has 0 aliphatic carbocycles. The Morgan fingerprint density at radius 1 is 1.47 bits per heavy atom. The summed E-state index contributed by atoms with van der Waals surface area (Å²) in [6, 6.07) is 1.87. The van der Waals surface area contributed by atoms with E-state index >= 15 is 0 Å². The summed E-state index contributed by atoms with van der Waals surface area (Å²) in [6.07, 6.45) is 0.0723. The molecule has 0 bridgehead atoms. The minimum absolute atomic E-state index is 0.560. The lowest BCUT2D eigenvalue weighted by atomic mass is 9.97. The van der Waals surface area contributed by atoms with Crippen LogP contribution in [0, 0.1) is 13.8 Å². The molecule has 0 aliphatic heterocycles. The minimum Gasteiger partial charge on any atom is -0.496 e. The molecular formula is C13H20ClNO2. The third-order valence-electron chi connectivity index (χ3n) is 2.91. The Hall–Kier alpha value is -0.770. The molecule has 0 aliphatic rings. The molecule has 0 heterocycles. The molecule has 96 valence electrons. The zero-order chi connectivity index (χ0) is 13.0. The summed E-state index contributed by atoms with van der Waals surface area (Å²) in [7, 11) is 3.47. The van der Waals surface area contributed by atoms with Gasteiger partial charge < -0.3 is 15.2 Å². The number of hydrogen-bond donors (Lipinski definition) is 2. The lowest BCUT2D eigenvalue weighted by Crippen LogP contribution is -2.13. The third kappa shape index (κ3) is 3.12. The van der Waals surface area contributed by atoms with Gasteiger partial charge in [0.1, 0.15) is 5.75 Å². The van der Waals surface area contributed by atoms with Crippen molar-refractivity contribution in [3.63, 3.8) is 0 Å². The zero-order valence-corrected chi connectivity index (χ0v) is 11.6. The Labute approximate surface area is 108 Å². The van der Waals surface area contributed by atoms with Gasteiger partial charge in [-0.05, 0) is 51.1 Å². The number of halogens is 1. The van der Waals surface area contributed by atoms with Crippen molar-refractivity contribution in [3.8, 4) is 5.75 Å². The number of aryl methyl sites for hydroxylation is 1. The highest BCUT2D eigenvalue weighted by atomic mass is 35.5. The topological polar surface area (TPSA) is 41.5 Å². The minimum atomic E-state index is -0.560. The van der Waals surface area contributed by atoms with E-state index in [0.29, 0.717) is 17.2 Å². The normalized spacial score (nSPS) is 12.6. The van der Waals surface area contributed by atoms with E-state index in [2.05, 4.69) is 5.32 Å². The fourth-order valence-electron chi connectivity index (χ4n) is 1.94. The van der Waals surface area contributed by atoms with Crippen molar-refractivity contribution >= 4 is 11.6 Å². The van der Waals surface area contributed by atoms with Crippen LogP contribution >= 0.6 is 11.6 Å². The Bertz CT molecular complexity index is 393. The third-order valence-corrected chi connectivity index (χ3v) is 3.49. The van der Waals surface area contributed by atoms with E-state index in [0.717, 1.165) is 23.2 Å². The summed E-state index contributed by atoms with van der Waals surface area (Å²) in [5.41, 5.74) is 2.65. The van der Waals surface area contributed by atoms with Crippen molar-refractivity contribution in [2.75, 3.05) is 20.7 Å². The Kier molecular flexibility index (Phi) is 5.25. The number of rotatable bonds is 5. The molecule has 1 aromatic rings. The van der Waals surface area contributed by atoms with E-state index in [-0.39, 0.29) is 0 Å². The summed E-state index contributed by atoms with van der Waals surface area (Å²) >= 11 is 6.21. The molecule has 0 saturated heterocycles. The molecule has 17 heavy (non-hydrogen) atoms. The quantitative estimate of drug-likeness (QED) is 0.852. The average Bonchev–Trinajstić information content (AvgIpc) is 2.32. The van der Waals surface area contributed by atoms with Crippen LogP contribution in [-0.2, 0) is 0 Å². The lowest BCUT2D eigenvalue weighted by Gasteiger charge is -2.19. The largest absolute Gasteiger partial charge is 0.496 e. The highest BCUT2D eigenvalue weighted by Gasteiger charge is 2.19. The summed E-state index contributed by atoms with van der Waals surface area (Å²) in [5, 5.41) is 13.9. The Balaban J connectivity index is 3.16. The van der Waals surface area contributed by atoms with E-state index in [9.17, 15) is 5.11 Å². The standard InChI is InChI=1S/C13H20ClNO2/c1-8-7-11(17-4)12(9(2)13(8)14)10(16)5-6-15-3/h7,10,15-16H,5-6H2,1-4H3. The van der Waals surface area contributed by atoms with Gasteiger partial charge in [0.05, 0.1) is 13.2 Å². The number of nitrogens with one attached hydrogen (secondary N) is 1. The summed E-state index contributed by atoms with van der Waals surface area (Å²) in [5.74, 6) is 0.702. The fraction of sp³-hybridized carbons (Fsp3) is 0.538. The first-order valence-corrected chi connectivity index (χ1v) is 6.07. The van der Waals surface area contributed by atoms with Crippen molar-refractivity contribution in [2.45, 2.75) is 26.4 Å². The maximum atomic E-state index is 10.2. The van der Waals surface area contributed by atoms with Crippen molar-refractivity contribution in [2.24, 2.45) is 0 Å². The molecule has 1 atom stereocenters. The fourth-order valence-corrected chi connectivity index (χ4v) is 2.10. The van der Waals surface area contributed by atoms with Crippen LogP contribution in [-0.4, -0.2) is 25.8 Å². The van der Waals surface area contributed by atoms with E-state index in [1.165, 1.54) is 0 Å². The van der Waals surface area contributed by atoms with Gasteiger partial charge >= 0.3 is 0 Å². The maximum Gasteiger partial charge on any atom is 0.125 e. The SMILES string of the molecule is CNCCC(O)c1c(OC)cc(C)c(Cl)c1C. The zero-order valence-electron chi connectivity index (χ0n) is 10.8. The highest BCUT2D eigenvalue weighted by Crippen LogP contribution is 2.36. The van der Waals surface area contributed by atoms with Crippen LogP contribution in [0.25, 0.3) is 0 Å². The van der Waals surface area contributed by atoms with Gasteiger partial charge in [-0.15, -0.1) is 0 Å². The lowest BCUT2D eigenvalue weighted by molar-refractivity contribution is 0.163. The predicted molar refractivity (Wildman–Crippen MR) is 71.0 cm³/mol.